The first kappa shape index (κ1) is 11.7. The second-order valence-corrected chi connectivity index (χ2v) is 3.86. The molecule has 0 aromatic heterocycles. The zero-order valence-electron chi connectivity index (χ0n) is 9.16. The predicted octanol–water partition coefficient (Wildman–Crippen LogP) is 2.86. The summed E-state index contributed by atoms with van der Waals surface area (Å²) in [5.74, 6) is 0.421. The van der Waals surface area contributed by atoms with E-state index in [9.17, 15) is 9.18 Å². The average molecular weight is 210 g/mol. The minimum atomic E-state index is -1.99. The van der Waals surface area contributed by atoms with Crippen LogP contribution < -0.4 is 4.74 Å². The van der Waals surface area contributed by atoms with Gasteiger partial charge in [0.15, 0.2) is 12.0 Å². The van der Waals surface area contributed by atoms with Crippen molar-refractivity contribution >= 4 is 6.29 Å². The topological polar surface area (TPSA) is 26.3 Å². The molecule has 82 valence electrons. The molecule has 1 atom stereocenters. The third kappa shape index (κ3) is 2.78. The van der Waals surface area contributed by atoms with Crippen LogP contribution in [0.5, 0.6) is 5.75 Å². The monoisotopic (exact) mass is 210 g/mol. The number of hydrogen-bond acceptors (Lipinski definition) is 2. The van der Waals surface area contributed by atoms with E-state index in [-0.39, 0.29) is 18.0 Å². The highest BCUT2D eigenvalue weighted by Crippen LogP contribution is 2.31. The van der Waals surface area contributed by atoms with Gasteiger partial charge in [-0.25, -0.2) is 4.39 Å². The maximum absolute atomic E-state index is 13.8. The summed E-state index contributed by atoms with van der Waals surface area (Å²) in [6.07, 6.45) is 0.240. The largest absolute Gasteiger partial charge is 0.491 e. The van der Waals surface area contributed by atoms with E-state index in [2.05, 4.69) is 0 Å². The summed E-state index contributed by atoms with van der Waals surface area (Å²) in [5.41, 5.74) is -1.72. The molecule has 0 aliphatic rings. The number of hydrogen-bond donors (Lipinski definition) is 0. The summed E-state index contributed by atoms with van der Waals surface area (Å²) in [7, 11) is 0. The summed E-state index contributed by atoms with van der Waals surface area (Å²) >= 11 is 0. The van der Waals surface area contributed by atoms with Crippen LogP contribution in [-0.2, 0) is 10.5 Å². The molecule has 15 heavy (non-hydrogen) atoms. The molecule has 0 spiro atoms. The Hall–Kier alpha value is -1.38. The molecule has 0 aliphatic heterocycles. The highest BCUT2D eigenvalue weighted by molar-refractivity contribution is 5.67. The Kier molecular flexibility index (Phi) is 3.45. The molecule has 3 heteroatoms. The maximum atomic E-state index is 13.8. The number of carbonyl (C=O) groups is 1. The van der Waals surface area contributed by atoms with Gasteiger partial charge in [0, 0.05) is 5.56 Å². The number of halogens is 1. The SMILES string of the molecule is CC(C)Oc1ccccc1C(C)(F)C=O. The minimum absolute atomic E-state index is 0.0476. The molecule has 0 N–H and O–H groups in total. The fraction of sp³-hybridized carbons (Fsp3) is 0.417. The van der Waals surface area contributed by atoms with Gasteiger partial charge in [-0.15, -0.1) is 0 Å². The van der Waals surface area contributed by atoms with E-state index in [1.807, 2.05) is 13.8 Å². The zero-order valence-corrected chi connectivity index (χ0v) is 9.16. The van der Waals surface area contributed by atoms with Gasteiger partial charge >= 0.3 is 0 Å². The lowest BCUT2D eigenvalue weighted by molar-refractivity contribution is -0.117. The first-order valence-electron chi connectivity index (χ1n) is 4.89. The standard InChI is InChI=1S/C12H15FO2/c1-9(2)15-11-7-5-4-6-10(11)12(3,13)8-14/h4-9H,1-3H3. The Morgan fingerprint density at radius 1 is 1.40 bits per heavy atom. The summed E-state index contributed by atoms with van der Waals surface area (Å²) in [6, 6.07) is 6.66. The van der Waals surface area contributed by atoms with Gasteiger partial charge in [0.25, 0.3) is 0 Å². The maximum Gasteiger partial charge on any atom is 0.191 e. The Morgan fingerprint density at radius 2 is 2.00 bits per heavy atom. The Labute approximate surface area is 89.1 Å². The van der Waals surface area contributed by atoms with Gasteiger partial charge in [0.2, 0.25) is 0 Å². The van der Waals surface area contributed by atoms with Crippen molar-refractivity contribution in [2.75, 3.05) is 0 Å². The number of aldehydes is 1. The van der Waals surface area contributed by atoms with Crippen LogP contribution in [0.15, 0.2) is 24.3 Å². The lowest BCUT2D eigenvalue weighted by Crippen LogP contribution is -2.19. The van der Waals surface area contributed by atoms with Crippen LogP contribution in [0, 0.1) is 0 Å². The van der Waals surface area contributed by atoms with Crippen molar-refractivity contribution in [1.82, 2.24) is 0 Å². The van der Waals surface area contributed by atoms with Crippen molar-refractivity contribution in [3.05, 3.63) is 29.8 Å². The predicted molar refractivity (Wildman–Crippen MR) is 56.7 cm³/mol. The molecular weight excluding hydrogens is 195 g/mol. The Bertz CT molecular complexity index is 345. The molecular formula is C12H15FO2. The van der Waals surface area contributed by atoms with E-state index in [1.54, 1.807) is 24.3 Å². The molecule has 1 rings (SSSR count). The first-order chi connectivity index (χ1) is 6.97. The van der Waals surface area contributed by atoms with Crippen LogP contribution in [0.3, 0.4) is 0 Å². The van der Waals surface area contributed by atoms with Gasteiger partial charge < -0.3 is 4.74 Å². The number of rotatable bonds is 4. The number of para-hydroxylation sites is 1. The van der Waals surface area contributed by atoms with E-state index in [0.717, 1.165) is 0 Å². The van der Waals surface area contributed by atoms with Crippen molar-refractivity contribution in [1.29, 1.82) is 0 Å². The van der Waals surface area contributed by atoms with Gasteiger partial charge in [0.1, 0.15) is 5.75 Å². The Balaban J connectivity index is 3.11. The van der Waals surface area contributed by atoms with Crippen LogP contribution >= 0.6 is 0 Å². The van der Waals surface area contributed by atoms with E-state index in [4.69, 9.17) is 4.74 Å². The molecule has 0 fully saturated rings. The number of alkyl halides is 1. The second-order valence-electron chi connectivity index (χ2n) is 3.86. The van der Waals surface area contributed by atoms with Gasteiger partial charge in [-0.05, 0) is 26.8 Å². The zero-order chi connectivity index (χ0) is 11.5. The number of benzene rings is 1. The first-order valence-corrected chi connectivity index (χ1v) is 4.89. The van der Waals surface area contributed by atoms with E-state index < -0.39 is 5.67 Å². The van der Waals surface area contributed by atoms with Gasteiger partial charge in [0.05, 0.1) is 6.10 Å². The van der Waals surface area contributed by atoms with Crippen molar-refractivity contribution in [3.63, 3.8) is 0 Å². The van der Waals surface area contributed by atoms with Gasteiger partial charge in [-0.1, -0.05) is 18.2 Å². The molecule has 1 aromatic carbocycles. The smallest absolute Gasteiger partial charge is 0.191 e. The van der Waals surface area contributed by atoms with Crippen molar-refractivity contribution in [2.45, 2.75) is 32.5 Å². The van der Waals surface area contributed by atoms with E-state index >= 15 is 0 Å². The fourth-order valence-corrected chi connectivity index (χ4v) is 1.29. The summed E-state index contributed by atoms with van der Waals surface area (Å²) < 4.78 is 19.2. The molecule has 0 saturated heterocycles. The molecule has 0 amide bonds. The average Bonchev–Trinajstić information content (AvgIpc) is 2.17. The fourth-order valence-electron chi connectivity index (χ4n) is 1.29. The lowest BCUT2D eigenvalue weighted by atomic mass is 9.98. The molecule has 1 aromatic rings. The van der Waals surface area contributed by atoms with Gasteiger partial charge in [-0.2, -0.15) is 0 Å². The van der Waals surface area contributed by atoms with E-state index in [1.165, 1.54) is 6.92 Å². The highest BCUT2D eigenvalue weighted by atomic mass is 19.1. The lowest BCUT2D eigenvalue weighted by Gasteiger charge is -2.19. The second kappa shape index (κ2) is 4.43. The minimum Gasteiger partial charge on any atom is -0.491 e. The van der Waals surface area contributed by atoms with Crippen molar-refractivity contribution < 1.29 is 13.9 Å². The third-order valence-electron chi connectivity index (χ3n) is 2.00. The van der Waals surface area contributed by atoms with Crippen LogP contribution in [0.1, 0.15) is 26.3 Å². The summed E-state index contributed by atoms with van der Waals surface area (Å²) in [5, 5.41) is 0. The molecule has 1 unspecified atom stereocenters. The Morgan fingerprint density at radius 3 is 2.53 bits per heavy atom. The van der Waals surface area contributed by atoms with Crippen LogP contribution in [0.4, 0.5) is 4.39 Å². The van der Waals surface area contributed by atoms with Crippen LogP contribution in [0.2, 0.25) is 0 Å². The summed E-state index contributed by atoms with van der Waals surface area (Å²) in [6.45, 7) is 4.93. The van der Waals surface area contributed by atoms with Crippen molar-refractivity contribution in [3.8, 4) is 5.75 Å². The molecule has 0 radical (unpaired) electrons. The van der Waals surface area contributed by atoms with Gasteiger partial charge in [-0.3, -0.25) is 4.79 Å². The van der Waals surface area contributed by atoms with Crippen LogP contribution in [-0.4, -0.2) is 12.4 Å². The summed E-state index contributed by atoms with van der Waals surface area (Å²) in [4.78, 5) is 10.6. The molecule has 0 bridgehead atoms. The molecule has 0 heterocycles. The highest BCUT2D eigenvalue weighted by Gasteiger charge is 2.28. The normalized spacial score (nSPS) is 14.7. The number of carbonyl (C=O) groups excluding carboxylic acids is 1. The third-order valence-corrected chi connectivity index (χ3v) is 2.00. The van der Waals surface area contributed by atoms with E-state index in [0.29, 0.717) is 5.75 Å². The molecule has 0 aliphatic carbocycles. The number of ether oxygens (including phenoxy) is 1. The van der Waals surface area contributed by atoms with Crippen LogP contribution in [0.25, 0.3) is 0 Å². The quantitative estimate of drug-likeness (QED) is 0.714. The molecule has 0 saturated carbocycles. The molecule has 2 nitrogen and oxygen atoms in total. The van der Waals surface area contributed by atoms with Crippen molar-refractivity contribution in [2.24, 2.45) is 0 Å².